The summed E-state index contributed by atoms with van der Waals surface area (Å²) in [5, 5.41) is 0. The van der Waals surface area contributed by atoms with Crippen molar-refractivity contribution in [3.05, 3.63) is 0 Å². The van der Waals surface area contributed by atoms with E-state index in [4.69, 9.17) is 23.7 Å². The standard InChI is InChI=1S/C43H71N5O14S2/c1-4-45(22-21-44-63(3,54)55)33-19-20-36(31(2)27-33)48-43(62-37-18-12-11-13-32(37)30-64(48,56)57)40(51)46(28-38(49)60-25-23-58-34-14-7-5-8-15-34)42(53)47(41(43)52)29-39(50)61-26-24-59-35-16-9-6-10-17-35/h31-37,44H,4-30H2,1-3H3. The molecule has 0 aromatic rings. The van der Waals surface area contributed by atoms with E-state index in [2.05, 4.69) is 9.62 Å². The molecule has 6 rings (SSSR count). The lowest BCUT2D eigenvalue weighted by Crippen LogP contribution is -2.78. The first-order chi connectivity index (χ1) is 30.5. The Bertz CT molecular complexity index is 1800. The number of hydrogen-bond donors (Lipinski definition) is 1. The molecule has 6 aliphatic rings. The molecule has 4 aliphatic carbocycles. The first-order valence-electron chi connectivity index (χ1n) is 23.6. The first kappa shape index (κ1) is 50.6. The number of ether oxygens (including phenoxy) is 5. The highest BCUT2D eigenvalue weighted by atomic mass is 32.2. The molecule has 5 unspecified atom stereocenters. The minimum Gasteiger partial charge on any atom is -0.462 e. The summed E-state index contributed by atoms with van der Waals surface area (Å²) in [6, 6.07) is -2.38. The zero-order chi connectivity index (χ0) is 46.1. The smallest absolute Gasteiger partial charge is 0.334 e. The Labute approximate surface area is 379 Å². The Hall–Kier alpha value is -2.79. The molecule has 1 N–H and O–H groups in total. The Balaban J connectivity index is 1.29. The van der Waals surface area contributed by atoms with Gasteiger partial charge >= 0.3 is 18.0 Å². The average Bonchev–Trinajstić information content (AvgIpc) is 3.37. The van der Waals surface area contributed by atoms with Crippen LogP contribution in [-0.4, -0.2) is 173 Å². The summed E-state index contributed by atoms with van der Waals surface area (Å²) < 4.78 is 86.4. The van der Waals surface area contributed by atoms with Gasteiger partial charge < -0.3 is 23.7 Å². The number of amides is 4. The van der Waals surface area contributed by atoms with Crippen molar-refractivity contribution >= 4 is 49.8 Å². The summed E-state index contributed by atoms with van der Waals surface area (Å²) in [5.41, 5.74) is -2.98. The summed E-state index contributed by atoms with van der Waals surface area (Å²) in [7, 11) is -7.97. The molecule has 6 fully saturated rings. The van der Waals surface area contributed by atoms with Crippen molar-refractivity contribution in [1.82, 2.24) is 23.7 Å². The third kappa shape index (κ3) is 12.6. The van der Waals surface area contributed by atoms with Crippen molar-refractivity contribution in [3.8, 4) is 0 Å². The molecule has 0 aromatic heterocycles. The molecular weight excluding hydrogens is 875 g/mol. The van der Waals surface area contributed by atoms with Crippen molar-refractivity contribution in [1.29, 1.82) is 0 Å². The third-order valence-electron chi connectivity index (χ3n) is 13.9. The maximum Gasteiger partial charge on any atom is 0.334 e. The van der Waals surface area contributed by atoms with E-state index in [1.807, 2.05) is 13.8 Å². The van der Waals surface area contributed by atoms with E-state index < -0.39 is 98.4 Å². The number of nitrogens with zero attached hydrogens (tertiary/aromatic N) is 4. The van der Waals surface area contributed by atoms with E-state index in [0.717, 1.165) is 74.8 Å². The fraction of sp³-hybridized carbons (Fsp3) is 0.884. The first-order valence-corrected chi connectivity index (χ1v) is 27.1. The fourth-order valence-corrected chi connectivity index (χ4v) is 13.5. The largest absolute Gasteiger partial charge is 0.462 e. The average molecular weight is 946 g/mol. The summed E-state index contributed by atoms with van der Waals surface area (Å²) in [6.07, 6.45) is 13.5. The quantitative estimate of drug-likeness (QED) is 0.112. The van der Waals surface area contributed by atoms with Crippen LogP contribution in [0.4, 0.5) is 4.79 Å². The maximum absolute atomic E-state index is 15.3. The number of hydrogen-bond acceptors (Lipinski definition) is 15. The number of sulfonamides is 2. The molecule has 0 bridgehead atoms. The fourth-order valence-electron chi connectivity index (χ4n) is 10.7. The molecule has 364 valence electrons. The Morgan fingerprint density at radius 3 is 1.83 bits per heavy atom. The molecule has 0 aromatic carbocycles. The van der Waals surface area contributed by atoms with E-state index >= 15 is 18.0 Å². The van der Waals surface area contributed by atoms with Gasteiger partial charge in [0.15, 0.2) is 0 Å². The minimum absolute atomic E-state index is 0.0408. The number of carbonyl (C=O) groups is 5. The lowest BCUT2D eigenvalue weighted by molar-refractivity contribution is -0.215. The van der Waals surface area contributed by atoms with Crippen molar-refractivity contribution in [2.75, 3.05) is 71.2 Å². The van der Waals surface area contributed by atoms with Crippen LogP contribution in [0, 0.1) is 11.8 Å². The Kier molecular flexibility index (Phi) is 18.0. The molecule has 2 heterocycles. The van der Waals surface area contributed by atoms with E-state index in [1.165, 1.54) is 0 Å². The van der Waals surface area contributed by atoms with E-state index in [0.29, 0.717) is 61.4 Å². The number of imide groups is 2. The lowest BCUT2D eigenvalue weighted by atomic mass is 9.81. The summed E-state index contributed by atoms with van der Waals surface area (Å²) in [6.45, 7) is 2.80. The van der Waals surface area contributed by atoms with Crippen LogP contribution in [0.5, 0.6) is 0 Å². The van der Waals surface area contributed by atoms with Gasteiger partial charge in [0.2, 0.25) is 20.0 Å². The predicted molar refractivity (Wildman–Crippen MR) is 232 cm³/mol. The predicted octanol–water partition coefficient (Wildman–Crippen LogP) is 2.91. The molecule has 2 aliphatic heterocycles. The number of urea groups is 1. The second-order valence-corrected chi connectivity index (χ2v) is 22.2. The molecule has 4 amide bonds. The van der Waals surface area contributed by atoms with Crippen LogP contribution >= 0.6 is 0 Å². The van der Waals surface area contributed by atoms with Gasteiger partial charge in [-0.05, 0) is 70.3 Å². The van der Waals surface area contributed by atoms with Crippen LogP contribution in [0.15, 0.2) is 0 Å². The normalized spacial score (nSPS) is 28.6. The van der Waals surface area contributed by atoms with Gasteiger partial charge in [-0.2, -0.15) is 4.31 Å². The van der Waals surface area contributed by atoms with Gasteiger partial charge in [-0.1, -0.05) is 65.2 Å². The van der Waals surface area contributed by atoms with Gasteiger partial charge in [-0.25, -0.2) is 36.2 Å². The number of nitrogens with one attached hydrogen (secondary N) is 1. The number of rotatable bonds is 19. The number of likely N-dealkylation sites (N-methyl/N-ethyl adjacent to an activating group) is 1. The van der Waals surface area contributed by atoms with Gasteiger partial charge in [0.05, 0.1) is 43.5 Å². The summed E-state index contributed by atoms with van der Waals surface area (Å²) in [5.74, 6) is -6.14. The monoisotopic (exact) mass is 945 g/mol. The number of fused-ring (bicyclic) bond motifs is 1. The number of carbonyl (C=O) groups excluding carboxylic acids is 5. The van der Waals surface area contributed by atoms with Crippen LogP contribution in [0.3, 0.4) is 0 Å². The molecule has 1 spiro atoms. The van der Waals surface area contributed by atoms with Crippen LogP contribution in [0.25, 0.3) is 0 Å². The van der Waals surface area contributed by atoms with Crippen LogP contribution in [0.1, 0.15) is 123 Å². The summed E-state index contributed by atoms with van der Waals surface area (Å²) >= 11 is 0. The van der Waals surface area contributed by atoms with Crippen LogP contribution < -0.4 is 4.72 Å². The highest BCUT2D eigenvalue weighted by Crippen LogP contribution is 2.46. The van der Waals surface area contributed by atoms with E-state index in [9.17, 15) is 22.8 Å². The van der Waals surface area contributed by atoms with Crippen molar-refractivity contribution in [3.63, 3.8) is 0 Å². The lowest BCUT2D eigenvalue weighted by Gasteiger charge is -2.51. The zero-order valence-electron chi connectivity index (χ0n) is 38.0. The van der Waals surface area contributed by atoms with Crippen LogP contribution in [0.2, 0.25) is 0 Å². The van der Waals surface area contributed by atoms with Crippen molar-refractivity contribution in [2.45, 2.75) is 159 Å². The second-order valence-electron chi connectivity index (χ2n) is 18.5. The zero-order valence-corrected chi connectivity index (χ0v) is 39.6. The topological polar surface area (TPSA) is 225 Å². The van der Waals surface area contributed by atoms with Gasteiger partial charge in [-0.15, -0.1) is 0 Å². The Morgan fingerprint density at radius 2 is 1.31 bits per heavy atom. The molecule has 5 atom stereocenters. The highest BCUT2D eigenvalue weighted by Gasteiger charge is 2.70. The molecule has 0 radical (unpaired) electrons. The molecule has 2 saturated heterocycles. The van der Waals surface area contributed by atoms with Crippen LogP contribution in [-0.2, 0) is 62.9 Å². The summed E-state index contributed by atoms with van der Waals surface area (Å²) in [4.78, 5) is 75.0. The van der Waals surface area contributed by atoms with Gasteiger partial charge in [0.25, 0.3) is 17.5 Å². The molecule has 64 heavy (non-hydrogen) atoms. The van der Waals surface area contributed by atoms with Gasteiger partial charge in [0, 0.05) is 31.1 Å². The number of barbiturate groups is 1. The second kappa shape index (κ2) is 22.8. The van der Waals surface area contributed by atoms with E-state index in [1.54, 1.807) is 0 Å². The molecule has 4 saturated carbocycles. The van der Waals surface area contributed by atoms with E-state index in [-0.39, 0.29) is 57.6 Å². The Morgan fingerprint density at radius 1 is 0.781 bits per heavy atom. The molecule has 21 heteroatoms. The molecular formula is C43H71N5O14S2. The highest BCUT2D eigenvalue weighted by molar-refractivity contribution is 7.89. The van der Waals surface area contributed by atoms with Crippen molar-refractivity contribution in [2.24, 2.45) is 11.8 Å². The van der Waals surface area contributed by atoms with Gasteiger partial charge in [-0.3, -0.25) is 24.1 Å². The SMILES string of the molecule is CCN(CCNS(C)(=O)=O)C1CCC(N2C3(OC4CCCCC4CS2(=O)=O)C(=O)N(CC(=O)OCCOC2CCCCC2)C(=O)N(CC(=O)OCCOC2CCCCC2)C3=O)C(C)C1. The van der Waals surface area contributed by atoms with Gasteiger partial charge in [0.1, 0.15) is 26.3 Å². The minimum atomic E-state index is -4.54. The molecule has 19 nitrogen and oxygen atoms in total. The number of esters is 2. The van der Waals surface area contributed by atoms with Crippen molar-refractivity contribution < 1.29 is 64.5 Å². The third-order valence-corrected chi connectivity index (χ3v) is 16.6. The maximum atomic E-state index is 15.3.